The molecule has 116 valence electrons. The highest BCUT2D eigenvalue weighted by atomic mass is 32.2. The number of thioether (sulfide) groups is 1. The van der Waals surface area contributed by atoms with E-state index in [1.807, 2.05) is 24.3 Å². The summed E-state index contributed by atoms with van der Waals surface area (Å²) in [6.07, 6.45) is 3.03. The molecule has 4 nitrogen and oxygen atoms in total. The molecule has 1 fully saturated rings. The first-order valence-electron chi connectivity index (χ1n) is 7.06. The predicted octanol–water partition coefficient (Wildman–Crippen LogP) is 3.31. The molecule has 1 N–H and O–H groups in total. The molecule has 0 spiro atoms. The first-order chi connectivity index (χ1) is 10.5. The van der Waals surface area contributed by atoms with E-state index in [0.29, 0.717) is 15.6 Å². The normalized spacial score (nSPS) is 18.1. The van der Waals surface area contributed by atoms with E-state index in [9.17, 15) is 14.7 Å². The van der Waals surface area contributed by atoms with E-state index in [4.69, 9.17) is 12.2 Å². The number of carbonyl (C=O) groups excluding carboxylic acids is 1. The summed E-state index contributed by atoms with van der Waals surface area (Å²) in [6.45, 7) is 3.81. The van der Waals surface area contributed by atoms with Gasteiger partial charge in [-0.1, -0.05) is 62.1 Å². The van der Waals surface area contributed by atoms with Gasteiger partial charge in [0, 0.05) is 0 Å². The van der Waals surface area contributed by atoms with Gasteiger partial charge in [-0.25, -0.2) is 4.79 Å². The molecule has 1 aromatic rings. The molecule has 1 heterocycles. The van der Waals surface area contributed by atoms with E-state index in [2.05, 4.69) is 6.92 Å². The fourth-order valence-corrected chi connectivity index (χ4v) is 3.57. The van der Waals surface area contributed by atoms with Gasteiger partial charge in [-0.3, -0.25) is 9.69 Å². The molecule has 0 aliphatic carbocycles. The van der Waals surface area contributed by atoms with Crippen LogP contribution in [0.2, 0.25) is 0 Å². The van der Waals surface area contributed by atoms with Crippen molar-refractivity contribution >= 4 is 46.3 Å². The number of hydrogen-bond donors (Lipinski definition) is 1. The van der Waals surface area contributed by atoms with Crippen LogP contribution in [-0.2, 0) is 16.0 Å². The number of rotatable bonds is 5. The molecule has 22 heavy (non-hydrogen) atoms. The highest BCUT2D eigenvalue weighted by Crippen LogP contribution is 2.34. The fraction of sp³-hybridized carbons (Fsp3) is 0.312. The highest BCUT2D eigenvalue weighted by Gasteiger charge is 2.39. The molecule has 6 heteroatoms. The second kappa shape index (κ2) is 7.07. The molecule has 0 saturated carbocycles. The van der Waals surface area contributed by atoms with Crippen LogP contribution in [0.4, 0.5) is 0 Å². The summed E-state index contributed by atoms with van der Waals surface area (Å²) in [4.78, 5) is 25.4. The molecule has 1 aliphatic heterocycles. The average molecular weight is 335 g/mol. The largest absolute Gasteiger partial charge is 0.480 e. The van der Waals surface area contributed by atoms with Crippen molar-refractivity contribution in [3.8, 4) is 0 Å². The Morgan fingerprint density at radius 3 is 2.50 bits per heavy atom. The molecule has 1 unspecified atom stereocenters. The third-order valence-corrected chi connectivity index (χ3v) is 4.82. The Morgan fingerprint density at radius 2 is 2.00 bits per heavy atom. The zero-order valence-electron chi connectivity index (χ0n) is 12.4. The van der Waals surface area contributed by atoms with Gasteiger partial charge in [0.2, 0.25) is 0 Å². The second-order valence-electron chi connectivity index (χ2n) is 4.91. The minimum atomic E-state index is -1.03. The Labute approximate surface area is 139 Å². The van der Waals surface area contributed by atoms with Crippen LogP contribution in [0, 0.1) is 0 Å². The first-order valence-corrected chi connectivity index (χ1v) is 8.29. The Bertz CT molecular complexity index is 637. The van der Waals surface area contributed by atoms with E-state index in [1.165, 1.54) is 10.5 Å². The van der Waals surface area contributed by atoms with Crippen molar-refractivity contribution in [2.24, 2.45) is 0 Å². The minimum Gasteiger partial charge on any atom is -0.480 e. The van der Waals surface area contributed by atoms with Crippen molar-refractivity contribution in [1.29, 1.82) is 0 Å². The van der Waals surface area contributed by atoms with Gasteiger partial charge in [-0.05, 0) is 30.0 Å². The predicted molar refractivity (Wildman–Crippen MR) is 92.5 cm³/mol. The number of aryl methyl sites for hydroxylation is 1. The summed E-state index contributed by atoms with van der Waals surface area (Å²) < 4.78 is 0.302. The van der Waals surface area contributed by atoms with Crippen molar-refractivity contribution in [3.05, 3.63) is 40.3 Å². The lowest BCUT2D eigenvalue weighted by Crippen LogP contribution is -2.43. The number of carboxylic acid groups (broad SMARTS) is 1. The van der Waals surface area contributed by atoms with Gasteiger partial charge in [0.05, 0.1) is 4.91 Å². The Balaban J connectivity index is 2.26. The third kappa shape index (κ3) is 3.39. The quantitative estimate of drug-likeness (QED) is 0.661. The molecule has 1 amide bonds. The van der Waals surface area contributed by atoms with E-state index < -0.39 is 12.0 Å². The smallest absolute Gasteiger partial charge is 0.326 e. The van der Waals surface area contributed by atoms with E-state index in [0.717, 1.165) is 23.7 Å². The SMILES string of the molecule is CCc1ccc(C=C2SC(=S)N(C(CC)C(=O)O)C2=O)cc1. The summed E-state index contributed by atoms with van der Waals surface area (Å²) in [5, 5.41) is 9.22. The second-order valence-corrected chi connectivity index (χ2v) is 6.58. The van der Waals surface area contributed by atoms with Gasteiger partial charge in [0.15, 0.2) is 0 Å². The maximum Gasteiger partial charge on any atom is 0.326 e. The Kier molecular flexibility index (Phi) is 5.37. The minimum absolute atomic E-state index is 0.302. The van der Waals surface area contributed by atoms with Crippen molar-refractivity contribution < 1.29 is 14.7 Å². The molecule has 1 saturated heterocycles. The molecular weight excluding hydrogens is 318 g/mol. The van der Waals surface area contributed by atoms with Gasteiger partial charge in [-0.2, -0.15) is 0 Å². The lowest BCUT2D eigenvalue weighted by Gasteiger charge is -2.21. The summed E-state index contributed by atoms with van der Waals surface area (Å²) in [7, 11) is 0. The van der Waals surface area contributed by atoms with E-state index in [-0.39, 0.29) is 5.91 Å². The van der Waals surface area contributed by atoms with Crippen LogP contribution in [0.3, 0.4) is 0 Å². The summed E-state index contributed by atoms with van der Waals surface area (Å²) >= 11 is 6.33. The zero-order chi connectivity index (χ0) is 16.3. The standard InChI is InChI=1S/C16H17NO3S2/c1-3-10-5-7-11(8-6-10)9-13-14(18)17(16(21)22-13)12(4-2)15(19)20/h5-9,12H,3-4H2,1-2H3,(H,19,20). The van der Waals surface area contributed by atoms with Gasteiger partial charge in [0.1, 0.15) is 10.4 Å². The van der Waals surface area contributed by atoms with Crippen LogP contribution in [0.1, 0.15) is 31.4 Å². The van der Waals surface area contributed by atoms with Gasteiger partial charge < -0.3 is 5.11 Å². The van der Waals surface area contributed by atoms with Gasteiger partial charge >= 0.3 is 5.97 Å². The number of carbonyl (C=O) groups is 2. The topological polar surface area (TPSA) is 57.6 Å². The molecule has 1 aliphatic rings. The van der Waals surface area contributed by atoms with Crippen LogP contribution < -0.4 is 0 Å². The maximum absolute atomic E-state index is 12.4. The molecule has 1 atom stereocenters. The van der Waals surface area contributed by atoms with Crippen molar-refractivity contribution in [1.82, 2.24) is 4.90 Å². The number of benzene rings is 1. The van der Waals surface area contributed by atoms with Crippen molar-refractivity contribution in [2.75, 3.05) is 0 Å². The van der Waals surface area contributed by atoms with E-state index in [1.54, 1.807) is 13.0 Å². The molecular formula is C16H17NO3S2. The molecule has 0 radical (unpaired) electrons. The summed E-state index contributed by atoms with van der Waals surface area (Å²) in [5.41, 5.74) is 2.13. The number of nitrogens with zero attached hydrogens (tertiary/aromatic N) is 1. The zero-order valence-corrected chi connectivity index (χ0v) is 14.0. The molecule has 0 bridgehead atoms. The number of carboxylic acids is 1. The molecule has 1 aromatic carbocycles. The number of amides is 1. The summed E-state index contributed by atoms with van der Waals surface area (Å²) in [5.74, 6) is -1.36. The van der Waals surface area contributed by atoms with Crippen molar-refractivity contribution in [3.63, 3.8) is 0 Å². The van der Waals surface area contributed by atoms with Gasteiger partial charge in [0.25, 0.3) is 5.91 Å². The fourth-order valence-electron chi connectivity index (χ4n) is 2.22. The lowest BCUT2D eigenvalue weighted by molar-refractivity contribution is -0.145. The first kappa shape index (κ1) is 16.7. The number of hydrogen-bond acceptors (Lipinski definition) is 4. The highest BCUT2D eigenvalue weighted by molar-refractivity contribution is 8.26. The van der Waals surface area contributed by atoms with Gasteiger partial charge in [-0.15, -0.1) is 0 Å². The number of aliphatic carboxylic acids is 1. The van der Waals surface area contributed by atoms with Crippen molar-refractivity contribution in [2.45, 2.75) is 32.7 Å². The molecule has 2 rings (SSSR count). The Morgan fingerprint density at radius 1 is 1.36 bits per heavy atom. The van der Waals surface area contributed by atoms with Crippen LogP contribution >= 0.6 is 24.0 Å². The lowest BCUT2D eigenvalue weighted by atomic mass is 10.1. The third-order valence-electron chi connectivity index (χ3n) is 3.49. The number of thiocarbonyl (C=S) groups is 1. The van der Waals surface area contributed by atoms with Crippen LogP contribution in [0.5, 0.6) is 0 Å². The van der Waals surface area contributed by atoms with Crippen LogP contribution in [0.15, 0.2) is 29.2 Å². The maximum atomic E-state index is 12.4. The average Bonchev–Trinajstić information content (AvgIpc) is 2.76. The molecule has 0 aromatic heterocycles. The van der Waals surface area contributed by atoms with Crippen LogP contribution in [0.25, 0.3) is 6.08 Å². The Hall–Kier alpha value is -1.66. The van der Waals surface area contributed by atoms with Crippen LogP contribution in [-0.4, -0.2) is 32.2 Å². The van der Waals surface area contributed by atoms with E-state index >= 15 is 0 Å². The summed E-state index contributed by atoms with van der Waals surface area (Å²) in [6, 6.07) is 7.01. The monoisotopic (exact) mass is 335 g/mol.